The van der Waals surface area contributed by atoms with Crippen LogP contribution in [0.3, 0.4) is 0 Å². The van der Waals surface area contributed by atoms with Gasteiger partial charge in [0.05, 0.1) is 0 Å². The molecule has 1 atom stereocenters. The van der Waals surface area contributed by atoms with Crippen molar-refractivity contribution in [3.8, 4) is 0 Å². The van der Waals surface area contributed by atoms with Crippen molar-refractivity contribution >= 4 is 15.9 Å². The topological polar surface area (TPSA) is 0 Å². The minimum Gasteiger partial charge on any atom is -0.207 e. The second kappa shape index (κ2) is 6.39. The Balaban J connectivity index is 2.74. The van der Waals surface area contributed by atoms with E-state index in [4.69, 9.17) is 0 Å². The zero-order chi connectivity index (χ0) is 12.1. The number of halogens is 2. The molecular weight excluding hydrogens is 267 g/mol. The van der Waals surface area contributed by atoms with E-state index in [-0.39, 0.29) is 5.83 Å². The van der Waals surface area contributed by atoms with Crippen LogP contribution < -0.4 is 0 Å². The molecule has 0 amide bonds. The van der Waals surface area contributed by atoms with Crippen LogP contribution in [0.1, 0.15) is 46.5 Å². The van der Waals surface area contributed by atoms with E-state index in [9.17, 15) is 4.39 Å². The van der Waals surface area contributed by atoms with E-state index >= 15 is 0 Å². The minimum atomic E-state index is -0.0731. The maximum Gasteiger partial charge on any atom is 0.127 e. The van der Waals surface area contributed by atoms with Gasteiger partial charge in [0.25, 0.3) is 0 Å². The highest BCUT2D eigenvalue weighted by Gasteiger charge is 2.13. The van der Waals surface area contributed by atoms with Gasteiger partial charge in [-0.05, 0) is 53.8 Å². The van der Waals surface area contributed by atoms with E-state index in [1.807, 2.05) is 6.92 Å². The first kappa shape index (κ1) is 13.7. The highest BCUT2D eigenvalue weighted by Crippen LogP contribution is 2.32. The Hall–Kier alpha value is -0.370. The Morgan fingerprint density at radius 1 is 1.56 bits per heavy atom. The van der Waals surface area contributed by atoms with E-state index in [1.165, 1.54) is 6.42 Å². The predicted molar refractivity (Wildman–Crippen MR) is 72.2 cm³/mol. The van der Waals surface area contributed by atoms with Gasteiger partial charge in [-0.25, -0.2) is 4.39 Å². The number of allylic oxidation sites excluding steroid dienone is 6. The van der Waals surface area contributed by atoms with Gasteiger partial charge in [0.2, 0.25) is 0 Å². The summed E-state index contributed by atoms with van der Waals surface area (Å²) in [6.45, 7) is 6.43. The van der Waals surface area contributed by atoms with Crippen LogP contribution in [0.4, 0.5) is 4.39 Å². The molecule has 90 valence electrons. The zero-order valence-electron chi connectivity index (χ0n) is 10.3. The lowest BCUT2D eigenvalue weighted by Crippen LogP contribution is -1.97. The summed E-state index contributed by atoms with van der Waals surface area (Å²) in [5.41, 5.74) is 1.99. The van der Waals surface area contributed by atoms with Crippen LogP contribution in [0.2, 0.25) is 0 Å². The normalized spacial score (nSPS) is 19.8. The summed E-state index contributed by atoms with van der Waals surface area (Å²) >= 11 is 3.35. The van der Waals surface area contributed by atoms with Crippen LogP contribution in [0.15, 0.2) is 33.6 Å². The smallest absolute Gasteiger partial charge is 0.127 e. The van der Waals surface area contributed by atoms with Crippen LogP contribution in [-0.2, 0) is 0 Å². The first-order valence-corrected chi connectivity index (χ1v) is 6.75. The molecular formula is C14H20BrF. The Kier molecular flexibility index (Phi) is 5.47. The largest absolute Gasteiger partial charge is 0.207 e. The monoisotopic (exact) mass is 286 g/mol. The third-order valence-electron chi connectivity index (χ3n) is 3.18. The van der Waals surface area contributed by atoms with Gasteiger partial charge in [0.1, 0.15) is 5.83 Å². The van der Waals surface area contributed by atoms with Crippen molar-refractivity contribution in [2.24, 2.45) is 5.92 Å². The molecule has 0 aromatic rings. The van der Waals surface area contributed by atoms with Crippen molar-refractivity contribution in [1.29, 1.82) is 0 Å². The van der Waals surface area contributed by atoms with E-state index < -0.39 is 0 Å². The lowest BCUT2D eigenvalue weighted by Gasteiger charge is -2.14. The van der Waals surface area contributed by atoms with Gasteiger partial charge in [-0.2, -0.15) is 0 Å². The van der Waals surface area contributed by atoms with Crippen molar-refractivity contribution in [3.05, 3.63) is 33.6 Å². The molecule has 0 heterocycles. The van der Waals surface area contributed by atoms with Crippen LogP contribution >= 0.6 is 15.9 Å². The van der Waals surface area contributed by atoms with E-state index in [1.54, 1.807) is 6.08 Å². The summed E-state index contributed by atoms with van der Waals surface area (Å²) in [5.74, 6) is 0.612. The first-order chi connectivity index (χ1) is 7.54. The fourth-order valence-corrected chi connectivity index (χ4v) is 2.11. The molecule has 0 spiro atoms. The minimum absolute atomic E-state index is 0.0731. The Bertz CT molecular complexity index is 337. The molecule has 0 aromatic heterocycles. The van der Waals surface area contributed by atoms with Gasteiger partial charge < -0.3 is 0 Å². The summed E-state index contributed by atoms with van der Waals surface area (Å²) in [5, 5.41) is 0. The molecule has 2 heteroatoms. The van der Waals surface area contributed by atoms with E-state index in [2.05, 4.69) is 35.9 Å². The van der Waals surface area contributed by atoms with E-state index in [0.717, 1.165) is 34.9 Å². The fraction of sp³-hybridized carbons (Fsp3) is 0.571. The number of rotatable bonds is 4. The molecule has 1 unspecified atom stereocenters. The highest BCUT2D eigenvalue weighted by atomic mass is 79.9. The van der Waals surface area contributed by atoms with Crippen LogP contribution in [0, 0.1) is 5.92 Å². The van der Waals surface area contributed by atoms with Crippen molar-refractivity contribution < 1.29 is 4.39 Å². The molecule has 0 aliphatic heterocycles. The average molecular weight is 287 g/mol. The van der Waals surface area contributed by atoms with Crippen LogP contribution in [0.25, 0.3) is 0 Å². The Morgan fingerprint density at radius 2 is 2.25 bits per heavy atom. The van der Waals surface area contributed by atoms with Gasteiger partial charge in [-0.1, -0.05) is 42.3 Å². The molecule has 0 N–H and O–H groups in total. The molecule has 0 aromatic carbocycles. The lowest BCUT2D eigenvalue weighted by atomic mass is 9.95. The van der Waals surface area contributed by atoms with E-state index in [0.29, 0.717) is 5.92 Å². The van der Waals surface area contributed by atoms with Gasteiger partial charge in [-0.15, -0.1) is 0 Å². The number of hydrogen-bond acceptors (Lipinski definition) is 0. The Labute approximate surface area is 106 Å². The molecule has 0 radical (unpaired) electrons. The van der Waals surface area contributed by atoms with Gasteiger partial charge >= 0.3 is 0 Å². The molecule has 0 bridgehead atoms. The quantitative estimate of drug-likeness (QED) is 0.625. The second-order valence-electron chi connectivity index (χ2n) is 4.55. The maximum atomic E-state index is 13.7. The fourth-order valence-electron chi connectivity index (χ4n) is 1.71. The summed E-state index contributed by atoms with van der Waals surface area (Å²) in [6, 6.07) is 0. The van der Waals surface area contributed by atoms with Crippen LogP contribution in [-0.4, -0.2) is 0 Å². The Morgan fingerprint density at radius 3 is 2.81 bits per heavy atom. The average Bonchev–Trinajstić information content (AvgIpc) is 2.25. The van der Waals surface area contributed by atoms with Crippen molar-refractivity contribution in [2.45, 2.75) is 46.5 Å². The van der Waals surface area contributed by atoms with Crippen molar-refractivity contribution in [1.82, 2.24) is 0 Å². The molecule has 1 aliphatic rings. The molecule has 0 nitrogen and oxygen atoms in total. The molecule has 0 saturated heterocycles. The summed E-state index contributed by atoms with van der Waals surface area (Å²) in [4.78, 5) is 0. The summed E-state index contributed by atoms with van der Waals surface area (Å²) in [6.07, 6.45) is 7.72. The third-order valence-corrected chi connectivity index (χ3v) is 3.81. The SMILES string of the molecule is CCC(C)C/C=C(\C)C1=C(F)C=C(Br)CC1. The van der Waals surface area contributed by atoms with Gasteiger partial charge in [0.15, 0.2) is 0 Å². The van der Waals surface area contributed by atoms with Crippen molar-refractivity contribution in [3.63, 3.8) is 0 Å². The van der Waals surface area contributed by atoms with Gasteiger partial charge in [0, 0.05) is 0 Å². The second-order valence-corrected chi connectivity index (χ2v) is 5.57. The van der Waals surface area contributed by atoms with Crippen LogP contribution in [0.5, 0.6) is 0 Å². The first-order valence-electron chi connectivity index (χ1n) is 5.96. The number of hydrogen-bond donors (Lipinski definition) is 0. The molecule has 1 aliphatic carbocycles. The molecule has 16 heavy (non-hydrogen) atoms. The lowest BCUT2D eigenvalue weighted by molar-refractivity contribution is 0.569. The highest BCUT2D eigenvalue weighted by molar-refractivity contribution is 9.11. The van der Waals surface area contributed by atoms with Gasteiger partial charge in [-0.3, -0.25) is 0 Å². The predicted octanol–water partition coefficient (Wildman–Crippen LogP) is 5.67. The summed E-state index contributed by atoms with van der Waals surface area (Å²) < 4.78 is 14.6. The zero-order valence-corrected chi connectivity index (χ0v) is 11.9. The summed E-state index contributed by atoms with van der Waals surface area (Å²) in [7, 11) is 0. The third kappa shape index (κ3) is 3.89. The molecule has 1 rings (SSSR count). The van der Waals surface area contributed by atoms with Crippen molar-refractivity contribution in [2.75, 3.05) is 0 Å². The molecule has 0 saturated carbocycles. The molecule has 0 fully saturated rings. The standard InChI is InChI=1S/C14H20BrF/c1-4-10(2)5-6-11(3)13-8-7-12(15)9-14(13)16/h6,9-10H,4-5,7-8H2,1-3H3/b11-6+. The maximum absolute atomic E-state index is 13.7.